The van der Waals surface area contributed by atoms with E-state index in [0.29, 0.717) is 6.42 Å². The Morgan fingerprint density at radius 1 is 1.22 bits per heavy atom. The lowest BCUT2D eigenvalue weighted by molar-refractivity contribution is -0.174. The molecule has 0 unspecified atom stereocenters. The average Bonchev–Trinajstić information content (AvgIpc) is 2.77. The summed E-state index contributed by atoms with van der Waals surface area (Å²) < 4.78 is 36.7. The highest BCUT2D eigenvalue weighted by Crippen LogP contribution is 2.26. The molecular formula is C11H18F3N3O. The molecule has 0 spiro atoms. The first kappa shape index (κ1) is 13.6. The lowest BCUT2D eigenvalue weighted by Crippen LogP contribution is -2.55. The Kier molecular flexibility index (Phi) is 4.11. The fraction of sp³-hybridized carbons (Fsp3) is 0.909. The Morgan fingerprint density at radius 3 is 2.50 bits per heavy atom. The molecule has 18 heavy (non-hydrogen) atoms. The molecule has 2 rings (SSSR count). The predicted molar refractivity (Wildman–Crippen MR) is 60.1 cm³/mol. The molecule has 1 aliphatic carbocycles. The van der Waals surface area contributed by atoms with Crippen LogP contribution >= 0.6 is 0 Å². The van der Waals surface area contributed by atoms with Gasteiger partial charge < -0.3 is 10.6 Å². The SMILES string of the molecule is O=C(N[C@H]1CCC[C@@H]1N1CCNCC1)C(F)(F)F. The van der Waals surface area contributed by atoms with Gasteiger partial charge in [-0.15, -0.1) is 0 Å². The van der Waals surface area contributed by atoms with Crippen molar-refractivity contribution in [3.8, 4) is 0 Å². The van der Waals surface area contributed by atoms with Crippen LogP contribution in [0, 0.1) is 0 Å². The number of rotatable bonds is 2. The van der Waals surface area contributed by atoms with Gasteiger partial charge in [0.05, 0.1) is 0 Å². The Morgan fingerprint density at radius 2 is 1.89 bits per heavy atom. The van der Waals surface area contributed by atoms with Crippen LogP contribution in [0.15, 0.2) is 0 Å². The van der Waals surface area contributed by atoms with Gasteiger partial charge in [-0.3, -0.25) is 9.69 Å². The zero-order valence-corrected chi connectivity index (χ0v) is 10.1. The van der Waals surface area contributed by atoms with E-state index in [-0.39, 0.29) is 12.1 Å². The topological polar surface area (TPSA) is 44.4 Å². The number of alkyl halides is 3. The summed E-state index contributed by atoms with van der Waals surface area (Å²) in [4.78, 5) is 13.2. The number of amides is 1. The maximum Gasteiger partial charge on any atom is 0.471 e. The van der Waals surface area contributed by atoms with Gasteiger partial charge in [0.25, 0.3) is 0 Å². The number of hydrogen-bond acceptors (Lipinski definition) is 3. The highest BCUT2D eigenvalue weighted by Gasteiger charge is 2.42. The van der Waals surface area contributed by atoms with E-state index in [9.17, 15) is 18.0 Å². The van der Waals surface area contributed by atoms with Gasteiger partial charge in [0.15, 0.2) is 0 Å². The summed E-state index contributed by atoms with van der Waals surface area (Å²) in [6.07, 6.45) is -2.41. The molecule has 0 radical (unpaired) electrons. The van der Waals surface area contributed by atoms with Gasteiger partial charge in [0.2, 0.25) is 0 Å². The van der Waals surface area contributed by atoms with Gasteiger partial charge in [-0.2, -0.15) is 13.2 Å². The number of piperazine rings is 1. The number of carbonyl (C=O) groups is 1. The van der Waals surface area contributed by atoms with Crippen molar-refractivity contribution >= 4 is 5.91 Å². The Bertz CT molecular complexity index is 302. The van der Waals surface area contributed by atoms with Crippen LogP contribution in [0.4, 0.5) is 13.2 Å². The Balaban J connectivity index is 1.93. The van der Waals surface area contributed by atoms with Crippen LogP contribution in [-0.4, -0.2) is 55.2 Å². The molecule has 1 heterocycles. The maximum absolute atomic E-state index is 12.2. The first-order chi connectivity index (χ1) is 8.48. The van der Waals surface area contributed by atoms with Crippen molar-refractivity contribution in [3.05, 3.63) is 0 Å². The van der Waals surface area contributed by atoms with Crippen molar-refractivity contribution in [1.82, 2.24) is 15.5 Å². The molecule has 1 aliphatic heterocycles. The summed E-state index contributed by atoms with van der Waals surface area (Å²) in [6.45, 7) is 3.39. The molecule has 0 aromatic carbocycles. The molecule has 0 aromatic rings. The molecule has 1 amide bonds. The van der Waals surface area contributed by atoms with Gasteiger partial charge in [0, 0.05) is 38.3 Å². The monoisotopic (exact) mass is 265 g/mol. The molecule has 1 saturated heterocycles. The first-order valence-electron chi connectivity index (χ1n) is 6.31. The summed E-state index contributed by atoms with van der Waals surface area (Å²) >= 11 is 0. The minimum atomic E-state index is -4.78. The van der Waals surface area contributed by atoms with E-state index in [4.69, 9.17) is 0 Å². The lowest BCUT2D eigenvalue weighted by Gasteiger charge is -2.36. The van der Waals surface area contributed by atoms with Gasteiger partial charge >= 0.3 is 12.1 Å². The molecule has 2 fully saturated rings. The Labute approximate surface area is 104 Å². The second kappa shape index (κ2) is 5.44. The van der Waals surface area contributed by atoms with Crippen LogP contribution in [0.5, 0.6) is 0 Å². The van der Waals surface area contributed by atoms with Crippen molar-refractivity contribution in [1.29, 1.82) is 0 Å². The predicted octanol–water partition coefficient (Wildman–Crippen LogP) is 0.491. The maximum atomic E-state index is 12.2. The molecule has 1 saturated carbocycles. The van der Waals surface area contributed by atoms with E-state index in [1.807, 2.05) is 0 Å². The summed E-state index contributed by atoms with van der Waals surface area (Å²) in [6, 6.07) is -0.310. The van der Waals surface area contributed by atoms with Crippen molar-refractivity contribution < 1.29 is 18.0 Å². The van der Waals surface area contributed by atoms with Crippen LogP contribution in [0.3, 0.4) is 0 Å². The van der Waals surface area contributed by atoms with E-state index in [1.165, 1.54) is 0 Å². The van der Waals surface area contributed by atoms with Gasteiger partial charge in [-0.05, 0) is 19.3 Å². The fourth-order valence-electron chi connectivity index (χ4n) is 2.81. The molecule has 4 nitrogen and oxygen atoms in total. The standard InChI is InChI=1S/C11H18F3N3O/c12-11(13,14)10(18)16-8-2-1-3-9(8)17-6-4-15-5-7-17/h8-9,15H,1-7H2,(H,16,18)/t8-,9-/m0/s1. The fourth-order valence-corrected chi connectivity index (χ4v) is 2.81. The van der Waals surface area contributed by atoms with Crippen LogP contribution in [0.2, 0.25) is 0 Å². The molecule has 2 aliphatic rings. The molecule has 7 heteroatoms. The number of hydrogen-bond donors (Lipinski definition) is 2. The van der Waals surface area contributed by atoms with Crippen molar-refractivity contribution in [2.24, 2.45) is 0 Å². The zero-order chi connectivity index (χ0) is 13.2. The number of nitrogens with one attached hydrogen (secondary N) is 2. The van der Waals surface area contributed by atoms with Crippen molar-refractivity contribution in [2.45, 2.75) is 37.5 Å². The van der Waals surface area contributed by atoms with Crippen molar-refractivity contribution in [2.75, 3.05) is 26.2 Å². The van der Waals surface area contributed by atoms with Crippen LogP contribution in [0.1, 0.15) is 19.3 Å². The highest BCUT2D eigenvalue weighted by atomic mass is 19.4. The second-order valence-corrected chi connectivity index (χ2v) is 4.86. The Hall–Kier alpha value is -0.820. The summed E-state index contributed by atoms with van der Waals surface area (Å²) in [5, 5.41) is 5.35. The van der Waals surface area contributed by atoms with E-state index in [1.54, 1.807) is 0 Å². The lowest BCUT2D eigenvalue weighted by atomic mass is 10.1. The van der Waals surface area contributed by atoms with Crippen LogP contribution in [0.25, 0.3) is 0 Å². The summed E-state index contributed by atoms with van der Waals surface area (Å²) in [5.41, 5.74) is 0. The molecule has 2 atom stereocenters. The number of halogens is 3. The third kappa shape index (κ3) is 3.14. The van der Waals surface area contributed by atoms with Gasteiger partial charge in [0.1, 0.15) is 0 Å². The third-order valence-corrected chi connectivity index (χ3v) is 3.67. The van der Waals surface area contributed by atoms with Crippen molar-refractivity contribution in [3.63, 3.8) is 0 Å². The summed E-state index contributed by atoms with van der Waals surface area (Å²) in [7, 11) is 0. The van der Waals surface area contributed by atoms with E-state index < -0.39 is 12.1 Å². The third-order valence-electron chi connectivity index (χ3n) is 3.67. The van der Waals surface area contributed by atoms with E-state index in [2.05, 4.69) is 15.5 Å². The molecular weight excluding hydrogens is 247 g/mol. The molecule has 0 bridgehead atoms. The van der Waals surface area contributed by atoms with Gasteiger partial charge in [-0.25, -0.2) is 0 Å². The number of nitrogens with zero attached hydrogens (tertiary/aromatic N) is 1. The minimum absolute atomic E-state index is 0.0541. The molecule has 2 N–H and O–H groups in total. The number of carbonyl (C=O) groups excluding carboxylic acids is 1. The highest BCUT2D eigenvalue weighted by molar-refractivity contribution is 5.82. The molecule has 104 valence electrons. The van der Waals surface area contributed by atoms with E-state index >= 15 is 0 Å². The summed E-state index contributed by atoms with van der Waals surface area (Å²) in [5.74, 6) is -1.81. The van der Waals surface area contributed by atoms with Gasteiger partial charge in [-0.1, -0.05) is 0 Å². The van der Waals surface area contributed by atoms with E-state index in [0.717, 1.165) is 39.0 Å². The van der Waals surface area contributed by atoms with Crippen LogP contribution in [-0.2, 0) is 4.79 Å². The first-order valence-corrected chi connectivity index (χ1v) is 6.31. The second-order valence-electron chi connectivity index (χ2n) is 4.86. The average molecular weight is 265 g/mol. The quantitative estimate of drug-likeness (QED) is 0.764. The smallest absolute Gasteiger partial charge is 0.344 e. The normalized spacial score (nSPS) is 30.4. The minimum Gasteiger partial charge on any atom is -0.344 e. The molecule has 0 aromatic heterocycles. The largest absolute Gasteiger partial charge is 0.471 e. The van der Waals surface area contributed by atoms with Crippen LogP contribution < -0.4 is 10.6 Å². The zero-order valence-electron chi connectivity index (χ0n) is 10.1.